The van der Waals surface area contributed by atoms with E-state index in [2.05, 4.69) is 5.32 Å². The largest absolute Gasteiger partial charge is 0.507 e. The third kappa shape index (κ3) is 4.26. The molecule has 0 aromatic heterocycles. The molecule has 0 aliphatic heterocycles. The van der Waals surface area contributed by atoms with E-state index in [0.29, 0.717) is 11.3 Å². The van der Waals surface area contributed by atoms with Crippen molar-refractivity contribution in [2.75, 3.05) is 19.0 Å². The van der Waals surface area contributed by atoms with Crippen LogP contribution in [0.2, 0.25) is 0 Å². The maximum atomic E-state index is 12.0. The van der Waals surface area contributed by atoms with Crippen molar-refractivity contribution < 1.29 is 29.1 Å². The Morgan fingerprint density at radius 2 is 2.00 bits per heavy atom. The van der Waals surface area contributed by atoms with Crippen molar-refractivity contribution in [3.05, 3.63) is 57.6 Å². The van der Waals surface area contributed by atoms with Gasteiger partial charge in [-0.3, -0.25) is 14.9 Å². The molecular formula is C17H16N2O7. The highest BCUT2D eigenvalue weighted by molar-refractivity contribution is 5.98. The first-order chi connectivity index (χ1) is 12.3. The predicted octanol–water partition coefficient (Wildman–Crippen LogP) is 2.41. The van der Waals surface area contributed by atoms with E-state index in [1.165, 1.54) is 37.4 Å². The Morgan fingerprint density at radius 1 is 1.27 bits per heavy atom. The summed E-state index contributed by atoms with van der Waals surface area (Å²) in [5.41, 5.74) is 0.121. The zero-order valence-corrected chi connectivity index (χ0v) is 14.0. The fraction of sp³-hybridized carbons (Fsp3) is 0.176. The standard InChI is InChI=1S/C17H16N2O7/c1-10-4-3-5-13(19(23)24)16(10)18-15(21)9-26-17(22)12-7-6-11(25-2)8-14(12)20/h3-8,20H,9H2,1-2H3,(H,18,21). The number of hydrogen-bond donors (Lipinski definition) is 2. The number of phenols is 1. The second-order valence-electron chi connectivity index (χ2n) is 5.23. The molecule has 0 fully saturated rings. The summed E-state index contributed by atoms with van der Waals surface area (Å²) in [6, 6.07) is 8.32. The van der Waals surface area contributed by atoms with Gasteiger partial charge in [-0.05, 0) is 24.6 Å². The topological polar surface area (TPSA) is 128 Å². The number of nitrogens with zero attached hydrogens (tertiary/aromatic N) is 1. The summed E-state index contributed by atoms with van der Waals surface area (Å²) < 4.78 is 9.74. The van der Waals surface area contributed by atoms with Gasteiger partial charge in [-0.2, -0.15) is 0 Å². The van der Waals surface area contributed by atoms with Crippen LogP contribution in [0.3, 0.4) is 0 Å². The Morgan fingerprint density at radius 3 is 2.62 bits per heavy atom. The fourth-order valence-corrected chi connectivity index (χ4v) is 2.16. The molecule has 9 heteroatoms. The lowest BCUT2D eigenvalue weighted by atomic mass is 10.1. The maximum Gasteiger partial charge on any atom is 0.342 e. The number of amides is 1. The van der Waals surface area contributed by atoms with Gasteiger partial charge in [-0.1, -0.05) is 12.1 Å². The van der Waals surface area contributed by atoms with Gasteiger partial charge in [0.05, 0.1) is 12.0 Å². The van der Waals surface area contributed by atoms with E-state index in [9.17, 15) is 24.8 Å². The molecule has 26 heavy (non-hydrogen) atoms. The van der Waals surface area contributed by atoms with Crippen LogP contribution in [0.5, 0.6) is 11.5 Å². The van der Waals surface area contributed by atoms with Crippen molar-refractivity contribution in [3.63, 3.8) is 0 Å². The number of nitro benzene ring substituents is 1. The number of aryl methyl sites for hydroxylation is 1. The third-order valence-electron chi connectivity index (χ3n) is 3.47. The Bertz CT molecular complexity index is 864. The van der Waals surface area contributed by atoms with E-state index in [-0.39, 0.29) is 22.7 Å². The number of carbonyl (C=O) groups excluding carboxylic acids is 2. The SMILES string of the molecule is COc1ccc(C(=O)OCC(=O)Nc2c(C)cccc2[N+](=O)[O-])c(O)c1. The monoisotopic (exact) mass is 360 g/mol. The molecule has 1 amide bonds. The van der Waals surface area contributed by atoms with E-state index in [1.54, 1.807) is 13.0 Å². The van der Waals surface area contributed by atoms with Gasteiger partial charge in [0.2, 0.25) is 0 Å². The molecule has 0 heterocycles. The van der Waals surface area contributed by atoms with Crippen molar-refractivity contribution in [1.82, 2.24) is 0 Å². The molecule has 0 unspecified atom stereocenters. The number of nitro groups is 1. The summed E-state index contributed by atoms with van der Waals surface area (Å²) >= 11 is 0. The first-order valence-corrected chi connectivity index (χ1v) is 7.41. The van der Waals surface area contributed by atoms with Crippen molar-refractivity contribution >= 4 is 23.3 Å². The van der Waals surface area contributed by atoms with Crippen molar-refractivity contribution in [2.24, 2.45) is 0 Å². The number of rotatable bonds is 6. The van der Waals surface area contributed by atoms with Crippen LogP contribution in [-0.2, 0) is 9.53 Å². The van der Waals surface area contributed by atoms with E-state index >= 15 is 0 Å². The number of ether oxygens (including phenoxy) is 2. The van der Waals surface area contributed by atoms with Crippen molar-refractivity contribution in [2.45, 2.75) is 6.92 Å². The number of esters is 1. The zero-order valence-electron chi connectivity index (χ0n) is 14.0. The summed E-state index contributed by atoms with van der Waals surface area (Å²) in [5, 5.41) is 23.2. The first kappa shape index (κ1) is 18.7. The number of para-hydroxylation sites is 1. The van der Waals surface area contributed by atoms with Crippen LogP contribution in [0.15, 0.2) is 36.4 Å². The van der Waals surface area contributed by atoms with Gasteiger partial charge in [0.15, 0.2) is 6.61 Å². The number of hydrogen-bond acceptors (Lipinski definition) is 7. The molecule has 0 radical (unpaired) electrons. The summed E-state index contributed by atoms with van der Waals surface area (Å²) in [6.07, 6.45) is 0. The number of phenolic OH excluding ortho intramolecular Hbond substituents is 1. The van der Waals surface area contributed by atoms with Crippen LogP contribution in [0, 0.1) is 17.0 Å². The average molecular weight is 360 g/mol. The van der Waals surface area contributed by atoms with Crippen molar-refractivity contribution in [3.8, 4) is 11.5 Å². The molecule has 2 rings (SSSR count). The van der Waals surface area contributed by atoms with Crippen LogP contribution in [-0.4, -0.2) is 35.6 Å². The predicted molar refractivity (Wildman–Crippen MR) is 91.4 cm³/mol. The molecule has 0 aliphatic carbocycles. The molecule has 2 aromatic carbocycles. The van der Waals surface area contributed by atoms with E-state index < -0.39 is 23.4 Å². The van der Waals surface area contributed by atoms with Gasteiger partial charge >= 0.3 is 5.97 Å². The quantitative estimate of drug-likeness (QED) is 0.460. The molecule has 0 atom stereocenters. The normalized spacial score (nSPS) is 10.1. The molecule has 2 aromatic rings. The smallest absolute Gasteiger partial charge is 0.342 e. The fourth-order valence-electron chi connectivity index (χ4n) is 2.16. The van der Waals surface area contributed by atoms with Gasteiger partial charge in [-0.25, -0.2) is 4.79 Å². The lowest BCUT2D eigenvalue weighted by Gasteiger charge is -2.10. The van der Waals surface area contributed by atoms with Gasteiger partial charge in [0.25, 0.3) is 11.6 Å². The lowest BCUT2D eigenvalue weighted by Crippen LogP contribution is -2.22. The van der Waals surface area contributed by atoms with Crippen molar-refractivity contribution in [1.29, 1.82) is 0 Å². The van der Waals surface area contributed by atoms with Gasteiger partial charge in [-0.15, -0.1) is 0 Å². The molecule has 0 saturated carbocycles. The average Bonchev–Trinajstić information content (AvgIpc) is 2.61. The van der Waals surface area contributed by atoms with Gasteiger partial charge in [0, 0.05) is 12.1 Å². The molecule has 0 aliphatic rings. The number of methoxy groups -OCH3 is 1. The van der Waals surface area contributed by atoms with Gasteiger partial charge in [0.1, 0.15) is 22.7 Å². The highest BCUT2D eigenvalue weighted by Gasteiger charge is 2.19. The van der Waals surface area contributed by atoms with Crippen LogP contribution in [0.4, 0.5) is 11.4 Å². The van der Waals surface area contributed by atoms with Gasteiger partial charge < -0.3 is 19.9 Å². The minimum atomic E-state index is -0.917. The second-order valence-corrected chi connectivity index (χ2v) is 5.23. The Balaban J connectivity index is 2.04. The molecule has 0 spiro atoms. The number of anilines is 1. The van der Waals surface area contributed by atoms with Crippen LogP contribution in [0.1, 0.15) is 15.9 Å². The third-order valence-corrected chi connectivity index (χ3v) is 3.47. The molecule has 9 nitrogen and oxygen atoms in total. The highest BCUT2D eigenvalue weighted by atomic mass is 16.6. The maximum absolute atomic E-state index is 12.0. The minimum Gasteiger partial charge on any atom is -0.507 e. The van der Waals surface area contributed by atoms with Crippen LogP contribution >= 0.6 is 0 Å². The van der Waals surface area contributed by atoms with E-state index in [1.807, 2.05) is 0 Å². The molecule has 2 N–H and O–H groups in total. The first-order valence-electron chi connectivity index (χ1n) is 7.41. The van der Waals surface area contributed by atoms with Crippen LogP contribution in [0.25, 0.3) is 0 Å². The van der Waals surface area contributed by atoms with E-state index in [4.69, 9.17) is 9.47 Å². The number of nitrogens with one attached hydrogen (secondary N) is 1. The summed E-state index contributed by atoms with van der Waals surface area (Å²) in [7, 11) is 1.40. The number of aromatic hydroxyl groups is 1. The molecule has 136 valence electrons. The lowest BCUT2D eigenvalue weighted by molar-refractivity contribution is -0.384. The summed E-state index contributed by atoms with van der Waals surface area (Å²) in [6.45, 7) is 0.930. The summed E-state index contributed by atoms with van der Waals surface area (Å²) in [5.74, 6) is -1.67. The second kappa shape index (κ2) is 7.97. The summed E-state index contributed by atoms with van der Waals surface area (Å²) in [4.78, 5) is 34.3. The zero-order chi connectivity index (χ0) is 19.3. The highest BCUT2D eigenvalue weighted by Crippen LogP contribution is 2.27. The number of carbonyl (C=O) groups is 2. The molecule has 0 saturated heterocycles. The number of benzene rings is 2. The molecule has 0 bridgehead atoms. The Labute approximate surface area is 148 Å². The van der Waals surface area contributed by atoms with Crippen LogP contribution < -0.4 is 10.1 Å². The Hall–Kier alpha value is -3.62. The molecular weight excluding hydrogens is 344 g/mol. The Kier molecular flexibility index (Phi) is 5.74. The minimum absolute atomic E-state index is 0.0332. The van der Waals surface area contributed by atoms with E-state index in [0.717, 1.165) is 0 Å².